The molecule has 1 aliphatic heterocycles. The van der Waals surface area contributed by atoms with Crippen molar-refractivity contribution in [2.24, 2.45) is 5.92 Å². The average Bonchev–Trinajstić information content (AvgIpc) is 3.09. The number of nitrogens with one attached hydrogen (secondary N) is 1. The second kappa shape index (κ2) is 7.46. The van der Waals surface area contributed by atoms with E-state index in [-0.39, 0.29) is 30.2 Å². The van der Waals surface area contributed by atoms with Gasteiger partial charge in [0.2, 0.25) is 11.8 Å². The average molecular weight is 341 g/mol. The van der Waals surface area contributed by atoms with Crippen molar-refractivity contribution in [3.8, 4) is 0 Å². The smallest absolute Gasteiger partial charge is 0.225 e. The zero-order chi connectivity index (χ0) is 17.8. The molecular formula is C18H23N5O2. The Bertz CT molecular complexity index is 741. The summed E-state index contributed by atoms with van der Waals surface area (Å²) in [7, 11) is 0. The predicted molar refractivity (Wildman–Crippen MR) is 92.2 cm³/mol. The van der Waals surface area contributed by atoms with Crippen LogP contribution in [0, 0.1) is 5.92 Å². The van der Waals surface area contributed by atoms with Crippen molar-refractivity contribution in [3.63, 3.8) is 0 Å². The minimum Gasteiger partial charge on any atom is -0.350 e. The van der Waals surface area contributed by atoms with Crippen molar-refractivity contribution in [1.29, 1.82) is 0 Å². The predicted octanol–water partition coefficient (Wildman–Crippen LogP) is 1.52. The van der Waals surface area contributed by atoms with E-state index in [4.69, 9.17) is 0 Å². The molecule has 0 spiro atoms. The van der Waals surface area contributed by atoms with E-state index in [9.17, 15) is 9.59 Å². The van der Waals surface area contributed by atoms with E-state index in [0.29, 0.717) is 19.6 Å². The Kier molecular flexibility index (Phi) is 5.11. The van der Waals surface area contributed by atoms with Crippen LogP contribution in [0.5, 0.6) is 0 Å². The van der Waals surface area contributed by atoms with Crippen molar-refractivity contribution in [3.05, 3.63) is 48.0 Å². The lowest BCUT2D eigenvalue weighted by Gasteiger charge is -2.34. The Hall–Kier alpha value is -2.70. The third kappa shape index (κ3) is 4.04. The Morgan fingerprint density at radius 3 is 2.84 bits per heavy atom. The molecule has 0 bridgehead atoms. The van der Waals surface area contributed by atoms with Gasteiger partial charge in [-0.2, -0.15) is 5.10 Å². The highest BCUT2D eigenvalue weighted by molar-refractivity contribution is 5.79. The van der Waals surface area contributed by atoms with Crippen LogP contribution in [0.25, 0.3) is 0 Å². The monoisotopic (exact) mass is 341 g/mol. The molecule has 1 aliphatic rings. The first-order valence-corrected chi connectivity index (χ1v) is 8.52. The van der Waals surface area contributed by atoms with Crippen molar-refractivity contribution in [2.45, 2.75) is 39.4 Å². The summed E-state index contributed by atoms with van der Waals surface area (Å²) in [5, 5.41) is 7.22. The van der Waals surface area contributed by atoms with Crippen molar-refractivity contribution >= 4 is 11.8 Å². The lowest BCUT2D eigenvalue weighted by Crippen LogP contribution is -2.44. The van der Waals surface area contributed by atoms with Gasteiger partial charge in [-0.3, -0.25) is 19.3 Å². The quantitative estimate of drug-likeness (QED) is 0.894. The van der Waals surface area contributed by atoms with Gasteiger partial charge in [-0.25, -0.2) is 0 Å². The Morgan fingerprint density at radius 1 is 1.28 bits per heavy atom. The van der Waals surface area contributed by atoms with E-state index in [0.717, 1.165) is 11.4 Å². The van der Waals surface area contributed by atoms with Gasteiger partial charge in [0.25, 0.3) is 0 Å². The zero-order valence-corrected chi connectivity index (χ0v) is 14.6. The maximum atomic E-state index is 12.4. The molecule has 2 aromatic rings. The number of hydrogen-bond acceptors (Lipinski definition) is 4. The number of rotatable bonds is 5. The van der Waals surface area contributed by atoms with Gasteiger partial charge in [0.15, 0.2) is 0 Å². The minimum atomic E-state index is -0.148. The molecule has 0 aromatic carbocycles. The largest absolute Gasteiger partial charge is 0.350 e. The van der Waals surface area contributed by atoms with Gasteiger partial charge in [0, 0.05) is 24.9 Å². The third-order valence-corrected chi connectivity index (χ3v) is 4.30. The topological polar surface area (TPSA) is 80.1 Å². The van der Waals surface area contributed by atoms with Crippen LogP contribution in [-0.2, 0) is 22.7 Å². The van der Waals surface area contributed by atoms with Gasteiger partial charge < -0.3 is 10.2 Å². The van der Waals surface area contributed by atoms with Gasteiger partial charge in [-0.15, -0.1) is 0 Å². The molecule has 2 aromatic heterocycles. The minimum absolute atomic E-state index is 0.0619. The normalized spacial score (nSPS) is 16.6. The standard InChI is InChI=1S/C18H23N5O2/c1-13(2)18(25)22-11-15-6-8-21-23(15)16(12-22)9-17(24)20-10-14-5-3-4-7-19-14/h3-8,13,16H,9-12H2,1-2H3,(H,20,24)/t16-/m1/s1. The highest BCUT2D eigenvalue weighted by atomic mass is 16.2. The van der Waals surface area contributed by atoms with Crippen LogP contribution in [0.4, 0.5) is 0 Å². The molecule has 0 radical (unpaired) electrons. The SMILES string of the molecule is CC(C)C(=O)N1Cc2ccnn2[C@H](CC(=O)NCc2ccccn2)C1. The molecule has 0 unspecified atom stereocenters. The van der Waals surface area contributed by atoms with Crippen molar-refractivity contribution < 1.29 is 9.59 Å². The maximum absolute atomic E-state index is 12.4. The van der Waals surface area contributed by atoms with Gasteiger partial charge in [-0.1, -0.05) is 19.9 Å². The van der Waals surface area contributed by atoms with Crippen LogP contribution in [-0.4, -0.2) is 38.0 Å². The molecular weight excluding hydrogens is 318 g/mol. The Morgan fingerprint density at radius 2 is 2.12 bits per heavy atom. The molecule has 3 rings (SSSR count). The number of amides is 2. The molecule has 1 N–H and O–H groups in total. The number of fused-ring (bicyclic) bond motifs is 1. The first-order valence-electron chi connectivity index (χ1n) is 8.52. The molecule has 2 amide bonds. The Balaban J connectivity index is 1.64. The maximum Gasteiger partial charge on any atom is 0.225 e. The molecule has 0 saturated carbocycles. The van der Waals surface area contributed by atoms with Crippen LogP contribution in [0.1, 0.15) is 37.7 Å². The second-order valence-corrected chi connectivity index (χ2v) is 6.60. The molecule has 1 atom stereocenters. The summed E-state index contributed by atoms with van der Waals surface area (Å²) < 4.78 is 1.87. The number of pyridine rings is 1. The summed E-state index contributed by atoms with van der Waals surface area (Å²) in [6, 6.07) is 7.35. The van der Waals surface area contributed by atoms with E-state index >= 15 is 0 Å². The second-order valence-electron chi connectivity index (χ2n) is 6.60. The van der Waals surface area contributed by atoms with Crippen molar-refractivity contribution in [2.75, 3.05) is 6.54 Å². The van der Waals surface area contributed by atoms with Gasteiger partial charge in [-0.05, 0) is 18.2 Å². The first-order chi connectivity index (χ1) is 12.0. The van der Waals surface area contributed by atoms with Crippen LogP contribution in [0.15, 0.2) is 36.7 Å². The molecule has 0 fully saturated rings. The third-order valence-electron chi connectivity index (χ3n) is 4.30. The van der Waals surface area contributed by atoms with Crippen LogP contribution in [0.3, 0.4) is 0 Å². The number of hydrogen-bond donors (Lipinski definition) is 1. The first kappa shape index (κ1) is 17.1. The fourth-order valence-electron chi connectivity index (χ4n) is 3.05. The van der Waals surface area contributed by atoms with E-state index in [1.54, 1.807) is 12.4 Å². The number of carbonyl (C=O) groups excluding carboxylic acids is 2. The van der Waals surface area contributed by atoms with Crippen LogP contribution < -0.4 is 5.32 Å². The summed E-state index contributed by atoms with van der Waals surface area (Å²) in [6.45, 7) is 5.23. The number of nitrogens with zero attached hydrogens (tertiary/aromatic N) is 4. The summed E-state index contributed by atoms with van der Waals surface area (Å²) in [5.74, 6) is -0.0320. The van der Waals surface area contributed by atoms with E-state index in [1.807, 2.05) is 47.7 Å². The number of aromatic nitrogens is 3. The fourth-order valence-corrected chi connectivity index (χ4v) is 3.05. The molecule has 7 nitrogen and oxygen atoms in total. The zero-order valence-electron chi connectivity index (χ0n) is 14.6. The number of carbonyl (C=O) groups is 2. The molecule has 25 heavy (non-hydrogen) atoms. The van der Waals surface area contributed by atoms with E-state index < -0.39 is 0 Å². The summed E-state index contributed by atoms with van der Waals surface area (Å²) in [6.07, 6.45) is 3.70. The molecule has 0 saturated heterocycles. The van der Waals surface area contributed by atoms with Crippen LogP contribution in [0.2, 0.25) is 0 Å². The highest BCUT2D eigenvalue weighted by Crippen LogP contribution is 2.24. The van der Waals surface area contributed by atoms with E-state index in [2.05, 4.69) is 15.4 Å². The fraction of sp³-hybridized carbons (Fsp3) is 0.444. The van der Waals surface area contributed by atoms with Gasteiger partial charge in [0.05, 0.1) is 36.9 Å². The van der Waals surface area contributed by atoms with E-state index in [1.165, 1.54) is 0 Å². The van der Waals surface area contributed by atoms with Gasteiger partial charge >= 0.3 is 0 Å². The lowest BCUT2D eigenvalue weighted by atomic mass is 10.1. The molecule has 7 heteroatoms. The van der Waals surface area contributed by atoms with Gasteiger partial charge in [0.1, 0.15) is 0 Å². The summed E-state index contributed by atoms with van der Waals surface area (Å²) in [5.41, 5.74) is 1.78. The lowest BCUT2D eigenvalue weighted by molar-refractivity contribution is -0.137. The van der Waals surface area contributed by atoms with Crippen molar-refractivity contribution in [1.82, 2.24) is 25.0 Å². The molecule has 3 heterocycles. The molecule has 0 aliphatic carbocycles. The highest BCUT2D eigenvalue weighted by Gasteiger charge is 2.30. The Labute approximate surface area is 147 Å². The molecule has 132 valence electrons. The summed E-state index contributed by atoms with van der Waals surface area (Å²) >= 11 is 0. The summed E-state index contributed by atoms with van der Waals surface area (Å²) in [4.78, 5) is 30.7. The van der Waals surface area contributed by atoms with Crippen LogP contribution >= 0.6 is 0 Å².